The highest BCUT2D eigenvalue weighted by Crippen LogP contribution is 2.32. The number of aliphatic hydroxyl groups excluding tert-OH is 2. The van der Waals surface area contributed by atoms with Crippen molar-refractivity contribution in [3.05, 3.63) is 93.0 Å². The molecule has 1 aliphatic heterocycles. The smallest absolute Gasteiger partial charge is 0.351 e. The Hall–Kier alpha value is -4.13. The number of hydrogen-bond donors (Lipinski definition) is 3. The summed E-state index contributed by atoms with van der Waals surface area (Å²) >= 11 is 0. The number of alkyl halides is 2. The van der Waals surface area contributed by atoms with Gasteiger partial charge in [0.1, 0.15) is 18.0 Å². The SMILES string of the molecule is O=C(Nc1ccn([C@@H]2O[C@H](CO)C(O)C(F)C2F)c(=O)n1)c1ccc2c(c1)C(=O)c1ccccc1C2=O. The molecule has 12 heteroatoms. The molecule has 5 rings (SSSR count). The number of nitrogens with zero attached hydrogens (tertiary/aromatic N) is 2. The molecule has 5 atom stereocenters. The number of carbonyl (C=O) groups is 3. The van der Waals surface area contributed by atoms with Gasteiger partial charge in [0.25, 0.3) is 5.91 Å². The van der Waals surface area contributed by atoms with Crippen molar-refractivity contribution in [3.63, 3.8) is 0 Å². The van der Waals surface area contributed by atoms with Gasteiger partial charge in [-0.05, 0) is 24.3 Å². The van der Waals surface area contributed by atoms with Gasteiger partial charge < -0.3 is 20.3 Å². The Balaban J connectivity index is 1.37. The van der Waals surface area contributed by atoms with Crippen molar-refractivity contribution in [2.75, 3.05) is 11.9 Å². The highest BCUT2D eigenvalue weighted by molar-refractivity contribution is 6.28. The van der Waals surface area contributed by atoms with E-state index >= 15 is 0 Å². The van der Waals surface area contributed by atoms with Crippen molar-refractivity contribution < 1.29 is 38.1 Å². The molecule has 1 saturated heterocycles. The summed E-state index contributed by atoms with van der Waals surface area (Å²) in [4.78, 5) is 54.6. The van der Waals surface area contributed by atoms with Crippen LogP contribution in [0.5, 0.6) is 0 Å². The van der Waals surface area contributed by atoms with Crippen LogP contribution >= 0.6 is 0 Å². The van der Waals surface area contributed by atoms with Crippen LogP contribution in [0.3, 0.4) is 0 Å². The molecule has 190 valence electrons. The van der Waals surface area contributed by atoms with Crippen LogP contribution in [0.25, 0.3) is 0 Å². The molecule has 2 aromatic carbocycles. The Morgan fingerprint density at radius 1 is 0.973 bits per heavy atom. The number of benzene rings is 2. The fraction of sp³-hybridized carbons (Fsp3) is 0.240. The number of ether oxygens (including phenoxy) is 1. The molecule has 2 aliphatic rings. The molecule has 0 bridgehead atoms. The van der Waals surface area contributed by atoms with Crippen LogP contribution in [0.2, 0.25) is 0 Å². The number of carbonyl (C=O) groups excluding carboxylic acids is 3. The number of amides is 1. The Labute approximate surface area is 207 Å². The van der Waals surface area contributed by atoms with E-state index < -0.39 is 54.8 Å². The quantitative estimate of drug-likeness (QED) is 0.370. The van der Waals surface area contributed by atoms with E-state index in [4.69, 9.17) is 4.74 Å². The summed E-state index contributed by atoms with van der Waals surface area (Å²) in [5.74, 6) is -1.72. The maximum atomic E-state index is 14.4. The first-order valence-electron chi connectivity index (χ1n) is 11.2. The summed E-state index contributed by atoms with van der Waals surface area (Å²) in [7, 11) is 0. The van der Waals surface area contributed by atoms with E-state index in [0.717, 1.165) is 12.3 Å². The van der Waals surface area contributed by atoms with Crippen molar-refractivity contribution in [3.8, 4) is 0 Å². The van der Waals surface area contributed by atoms with Crippen molar-refractivity contribution in [2.45, 2.75) is 30.8 Å². The van der Waals surface area contributed by atoms with Crippen LogP contribution in [0, 0.1) is 0 Å². The zero-order valence-electron chi connectivity index (χ0n) is 18.9. The minimum atomic E-state index is -2.42. The first-order chi connectivity index (χ1) is 17.7. The third-order valence-electron chi connectivity index (χ3n) is 6.31. The van der Waals surface area contributed by atoms with Crippen LogP contribution < -0.4 is 11.0 Å². The highest BCUT2D eigenvalue weighted by Gasteiger charge is 2.47. The molecular formula is C25H19F2N3O7. The van der Waals surface area contributed by atoms with Gasteiger partial charge in [-0.15, -0.1) is 0 Å². The molecule has 2 heterocycles. The summed E-state index contributed by atoms with van der Waals surface area (Å²) in [6, 6.07) is 11.5. The average molecular weight is 511 g/mol. The fourth-order valence-electron chi connectivity index (χ4n) is 4.36. The predicted octanol–water partition coefficient (Wildman–Crippen LogP) is 1.20. The van der Waals surface area contributed by atoms with Crippen LogP contribution in [0.4, 0.5) is 14.6 Å². The van der Waals surface area contributed by atoms with E-state index in [-0.39, 0.29) is 39.4 Å². The van der Waals surface area contributed by atoms with Gasteiger partial charge in [0.15, 0.2) is 30.1 Å². The van der Waals surface area contributed by atoms with Gasteiger partial charge in [0, 0.05) is 34.0 Å². The minimum Gasteiger partial charge on any atom is -0.394 e. The van der Waals surface area contributed by atoms with E-state index in [1.807, 2.05) is 0 Å². The maximum absolute atomic E-state index is 14.4. The standard InChI is InChI=1S/C25H19F2N3O7/c26-18-19(27)24(37-16(10-31)22(18)34)30-8-7-17(29-25(30)36)28-23(35)11-5-6-14-15(9-11)21(33)13-4-2-1-3-12(13)20(14)32/h1-9,16,18-19,22,24,31,34H,10H2,(H,28,29,35,36)/t16-,18?,19?,22?,24-/m1/s1. The number of fused-ring (bicyclic) bond motifs is 2. The van der Waals surface area contributed by atoms with Gasteiger partial charge in [-0.3, -0.25) is 19.0 Å². The molecule has 3 aromatic rings. The van der Waals surface area contributed by atoms with E-state index in [9.17, 15) is 38.2 Å². The van der Waals surface area contributed by atoms with Crippen molar-refractivity contribution in [1.82, 2.24) is 9.55 Å². The Morgan fingerprint density at radius 3 is 2.27 bits per heavy atom. The first-order valence-corrected chi connectivity index (χ1v) is 11.2. The van der Waals surface area contributed by atoms with E-state index in [0.29, 0.717) is 4.57 Å². The molecule has 3 N–H and O–H groups in total. The number of aromatic nitrogens is 2. The van der Waals surface area contributed by atoms with Gasteiger partial charge >= 0.3 is 5.69 Å². The Morgan fingerprint density at radius 2 is 1.62 bits per heavy atom. The maximum Gasteiger partial charge on any atom is 0.351 e. The molecule has 3 unspecified atom stereocenters. The lowest BCUT2D eigenvalue weighted by atomic mass is 9.83. The molecule has 1 fully saturated rings. The van der Waals surface area contributed by atoms with Crippen LogP contribution in [0.1, 0.15) is 48.4 Å². The normalized spacial score (nSPS) is 24.8. The molecule has 10 nitrogen and oxygen atoms in total. The van der Waals surface area contributed by atoms with Gasteiger partial charge in [-0.25, -0.2) is 13.6 Å². The zero-order valence-corrected chi connectivity index (χ0v) is 18.9. The predicted molar refractivity (Wildman–Crippen MR) is 123 cm³/mol. The number of halogens is 2. The van der Waals surface area contributed by atoms with Crippen molar-refractivity contribution >= 4 is 23.3 Å². The number of hydrogen-bond acceptors (Lipinski definition) is 8. The summed E-state index contributed by atoms with van der Waals surface area (Å²) in [6.45, 7) is -0.804. The molecule has 1 amide bonds. The number of rotatable bonds is 4. The molecule has 0 spiro atoms. The first kappa shape index (κ1) is 24.6. The third-order valence-corrected chi connectivity index (χ3v) is 6.31. The topological polar surface area (TPSA) is 148 Å². The second-order valence-corrected chi connectivity index (χ2v) is 8.55. The Bertz CT molecular complexity index is 1490. The number of ketones is 2. The lowest BCUT2D eigenvalue weighted by molar-refractivity contribution is -0.220. The van der Waals surface area contributed by atoms with Crippen LogP contribution in [-0.4, -0.2) is 68.4 Å². The largest absolute Gasteiger partial charge is 0.394 e. The van der Waals surface area contributed by atoms with Crippen molar-refractivity contribution in [2.24, 2.45) is 0 Å². The van der Waals surface area contributed by atoms with Gasteiger partial charge in [-0.2, -0.15) is 4.98 Å². The lowest BCUT2D eigenvalue weighted by Gasteiger charge is -2.38. The second-order valence-electron chi connectivity index (χ2n) is 8.55. The Kier molecular flexibility index (Phi) is 6.23. The van der Waals surface area contributed by atoms with Crippen LogP contribution in [-0.2, 0) is 4.74 Å². The van der Waals surface area contributed by atoms with Crippen LogP contribution in [0.15, 0.2) is 59.5 Å². The van der Waals surface area contributed by atoms with E-state index in [2.05, 4.69) is 10.3 Å². The summed E-state index contributed by atoms with van der Waals surface area (Å²) < 4.78 is 34.3. The molecule has 1 aromatic heterocycles. The average Bonchev–Trinajstić information content (AvgIpc) is 2.91. The summed E-state index contributed by atoms with van der Waals surface area (Å²) in [5.41, 5.74) is -0.349. The number of aliphatic hydroxyl groups is 2. The fourth-order valence-corrected chi connectivity index (χ4v) is 4.36. The molecule has 0 radical (unpaired) electrons. The minimum absolute atomic E-state index is 0.0183. The van der Waals surface area contributed by atoms with Gasteiger partial charge in [0.2, 0.25) is 0 Å². The van der Waals surface area contributed by atoms with Gasteiger partial charge in [0.05, 0.1) is 6.61 Å². The summed E-state index contributed by atoms with van der Waals surface area (Å²) in [6.07, 6.45) is -8.97. The van der Waals surface area contributed by atoms with Crippen molar-refractivity contribution in [1.29, 1.82) is 0 Å². The summed E-state index contributed by atoms with van der Waals surface area (Å²) in [5, 5.41) is 21.3. The highest BCUT2D eigenvalue weighted by atomic mass is 19.2. The lowest BCUT2D eigenvalue weighted by Crippen LogP contribution is -2.54. The van der Waals surface area contributed by atoms with E-state index in [1.54, 1.807) is 18.2 Å². The second kappa shape index (κ2) is 9.39. The molecule has 37 heavy (non-hydrogen) atoms. The third kappa shape index (κ3) is 4.14. The molecule has 0 saturated carbocycles. The number of anilines is 1. The molecular weight excluding hydrogens is 492 g/mol. The monoisotopic (exact) mass is 511 g/mol. The van der Waals surface area contributed by atoms with E-state index in [1.165, 1.54) is 24.3 Å². The number of nitrogens with one attached hydrogen (secondary N) is 1. The zero-order chi connectivity index (χ0) is 26.4. The molecule has 1 aliphatic carbocycles. The van der Waals surface area contributed by atoms with Gasteiger partial charge in [-0.1, -0.05) is 24.3 Å².